The average molecular weight is 197 g/mol. The van der Waals surface area contributed by atoms with E-state index >= 15 is 0 Å². The fourth-order valence-corrected chi connectivity index (χ4v) is 1.95. The molecule has 0 saturated heterocycles. The van der Waals surface area contributed by atoms with Gasteiger partial charge >= 0.3 is 5.97 Å². The Morgan fingerprint density at radius 3 is 2.64 bits per heavy atom. The Kier molecular flexibility index (Phi) is 3.98. The van der Waals surface area contributed by atoms with Gasteiger partial charge in [0.1, 0.15) is 0 Å². The van der Waals surface area contributed by atoms with Crippen LogP contribution in [0, 0.1) is 11.8 Å². The van der Waals surface area contributed by atoms with Crippen LogP contribution < -0.4 is 5.32 Å². The lowest BCUT2D eigenvalue weighted by atomic mass is 9.79. The van der Waals surface area contributed by atoms with E-state index in [0.717, 1.165) is 30.8 Å². The summed E-state index contributed by atoms with van der Waals surface area (Å²) in [4.78, 5) is 10.2. The zero-order valence-corrected chi connectivity index (χ0v) is 8.86. The number of rotatable bonds is 3. The highest BCUT2D eigenvalue weighted by atomic mass is 16.4. The molecule has 1 rings (SSSR count). The summed E-state index contributed by atoms with van der Waals surface area (Å²) in [5.41, 5.74) is 0. The highest BCUT2D eigenvalue weighted by molar-refractivity contribution is 5.79. The molecule has 3 heteroatoms. The summed E-state index contributed by atoms with van der Waals surface area (Å²) in [5.74, 6) is 0.644. The number of nitrogens with one attached hydrogen (secondary N) is 1. The first-order valence-electron chi connectivity index (χ1n) is 5.25. The van der Waals surface area contributed by atoms with Crippen molar-refractivity contribution >= 4 is 5.97 Å². The minimum absolute atomic E-state index is 0.455. The minimum Gasteiger partial charge on any atom is -0.478 e. The van der Waals surface area contributed by atoms with Gasteiger partial charge in [-0.2, -0.15) is 0 Å². The number of hydrogen-bond donors (Lipinski definition) is 2. The van der Waals surface area contributed by atoms with Gasteiger partial charge in [0.05, 0.1) is 0 Å². The summed E-state index contributed by atoms with van der Waals surface area (Å²) < 4.78 is 0. The van der Waals surface area contributed by atoms with Crippen LogP contribution in [-0.2, 0) is 4.79 Å². The van der Waals surface area contributed by atoms with Gasteiger partial charge in [-0.3, -0.25) is 0 Å². The maximum atomic E-state index is 10.2. The quantitative estimate of drug-likeness (QED) is 0.680. The van der Waals surface area contributed by atoms with Crippen molar-refractivity contribution in [1.29, 1.82) is 0 Å². The molecule has 0 heterocycles. The summed E-state index contributed by atoms with van der Waals surface area (Å²) >= 11 is 0. The Hall–Kier alpha value is -0.990. The molecule has 3 nitrogen and oxygen atoms in total. The molecule has 0 aromatic carbocycles. The lowest BCUT2D eigenvalue weighted by molar-refractivity contribution is -0.131. The lowest BCUT2D eigenvalue weighted by Crippen LogP contribution is -2.33. The van der Waals surface area contributed by atoms with Crippen LogP contribution in [0.25, 0.3) is 0 Å². The number of carboxylic acid groups (broad SMARTS) is 1. The molecule has 1 aliphatic rings. The Labute approximate surface area is 85.2 Å². The van der Waals surface area contributed by atoms with E-state index in [1.54, 1.807) is 6.20 Å². The number of carboxylic acids is 1. The number of aliphatic carboxylic acids is 1. The molecule has 3 atom stereocenters. The molecule has 80 valence electrons. The molecule has 0 bridgehead atoms. The molecule has 0 radical (unpaired) electrons. The van der Waals surface area contributed by atoms with Gasteiger partial charge < -0.3 is 10.4 Å². The Bertz CT molecular complexity index is 225. The van der Waals surface area contributed by atoms with Crippen molar-refractivity contribution in [3.63, 3.8) is 0 Å². The van der Waals surface area contributed by atoms with E-state index in [2.05, 4.69) is 19.2 Å². The zero-order chi connectivity index (χ0) is 10.6. The fraction of sp³-hybridized carbons (Fsp3) is 0.727. The normalized spacial score (nSPS) is 33.1. The first-order chi connectivity index (χ1) is 6.59. The van der Waals surface area contributed by atoms with Gasteiger partial charge in [0.15, 0.2) is 0 Å². The summed E-state index contributed by atoms with van der Waals surface area (Å²) in [6.07, 6.45) is 6.23. The fourth-order valence-electron chi connectivity index (χ4n) is 1.95. The summed E-state index contributed by atoms with van der Waals surface area (Å²) in [7, 11) is 0. The molecule has 0 aliphatic heterocycles. The van der Waals surface area contributed by atoms with Crippen LogP contribution in [0.5, 0.6) is 0 Å². The molecular formula is C11H19NO2. The zero-order valence-electron chi connectivity index (χ0n) is 8.86. The van der Waals surface area contributed by atoms with E-state index in [1.165, 1.54) is 6.42 Å². The van der Waals surface area contributed by atoms with Crippen molar-refractivity contribution in [2.45, 2.75) is 39.2 Å². The lowest BCUT2D eigenvalue weighted by Gasteiger charge is -2.32. The summed E-state index contributed by atoms with van der Waals surface area (Å²) in [5, 5.41) is 11.6. The molecule has 1 aliphatic carbocycles. The van der Waals surface area contributed by atoms with Crippen LogP contribution in [-0.4, -0.2) is 17.1 Å². The molecule has 3 unspecified atom stereocenters. The predicted molar refractivity (Wildman–Crippen MR) is 55.9 cm³/mol. The first-order valence-corrected chi connectivity index (χ1v) is 5.25. The van der Waals surface area contributed by atoms with Crippen LogP contribution in [0.1, 0.15) is 33.1 Å². The molecule has 0 aromatic heterocycles. The monoisotopic (exact) mass is 197 g/mol. The van der Waals surface area contributed by atoms with Gasteiger partial charge in [-0.25, -0.2) is 4.79 Å². The highest BCUT2D eigenvalue weighted by Crippen LogP contribution is 2.29. The Morgan fingerprint density at radius 2 is 2.07 bits per heavy atom. The molecule has 1 fully saturated rings. The van der Waals surface area contributed by atoms with E-state index in [-0.39, 0.29) is 0 Å². The number of hydrogen-bond acceptors (Lipinski definition) is 2. The third-order valence-corrected chi connectivity index (χ3v) is 3.16. The van der Waals surface area contributed by atoms with Crippen molar-refractivity contribution in [1.82, 2.24) is 5.32 Å². The van der Waals surface area contributed by atoms with Crippen LogP contribution >= 0.6 is 0 Å². The second kappa shape index (κ2) is 5.03. The van der Waals surface area contributed by atoms with Gasteiger partial charge in [-0.15, -0.1) is 0 Å². The van der Waals surface area contributed by atoms with Crippen molar-refractivity contribution < 1.29 is 9.90 Å². The number of carbonyl (C=O) groups is 1. The smallest absolute Gasteiger partial charge is 0.329 e. The van der Waals surface area contributed by atoms with E-state index in [9.17, 15) is 4.79 Å². The second-order valence-electron chi connectivity index (χ2n) is 4.30. The maximum absolute atomic E-state index is 10.2. The van der Waals surface area contributed by atoms with E-state index in [1.807, 2.05) is 0 Å². The summed E-state index contributed by atoms with van der Waals surface area (Å²) in [6.45, 7) is 4.55. The molecule has 14 heavy (non-hydrogen) atoms. The van der Waals surface area contributed by atoms with Gasteiger partial charge in [0.2, 0.25) is 0 Å². The molecule has 0 amide bonds. The molecular weight excluding hydrogens is 178 g/mol. The molecule has 0 aromatic rings. The van der Waals surface area contributed by atoms with Gasteiger partial charge in [-0.1, -0.05) is 13.8 Å². The van der Waals surface area contributed by atoms with Crippen molar-refractivity contribution in [2.24, 2.45) is 11.8 Å². The average Bonchev–Trinajstić information content (AvgIpc) is 2.10. The predicted octanol–water partition coefficient (Wildman–Crippen LogP) is 2.00. The molecule has 1 saturated carbocycles. The minimum atomic E-state index is -0.894. The first kappa shape index (κ1) is 11.1. The van der Waals surface area contributed by atoms with Gasteiger partial charge in [0, 0.05) is 18.3 Å². The molecule has 0 spiro atoms. The second-order valence-corrected chi connectivity index (χ2v) is 4.30. The molecule has 2 N–H and O–H groups in total. The standard InChI is InChI=1S/C11H19NO2/c1-8-3-4-10(7-9(8)2)12-6-5-11(13)14/h5-6,8-10,12H,3-4,7H2,1-2H3,(H,13,14)/b6-5+. The van der Waals surface area contributed by atoms with Gasteiger partial charge in [-0.05, 0) is 31.1 Å². The van der Waals surface area contributed by atoms with Crippen molar-refractivity contribution in [3.8, 4) is 0 Å². The largest absolute Gasteiger partial charge is 0.478 e. The third-order valence-electron chi connectivity index (χ3n) is 3.16. The van der Waals surface area contributed by atoms with Crippen molar-refractivity contribution in [3.05, 3.63) is 12.3 Å². The third kappa shape index (κ3) is 3.40. The van der Waals surface area contributed by atoms with Crippen molar-refractivity contribution in [2.75, 3.05) is 0 Å². The van der Waals surface area contributed by atoms with Gasteiger partial charge in [0.25, 0.3) is 0 Å². The van der Waals surface area contributed by atoms with E-state index in [0.29, 0.717) is 6.04 Å². The SMILES string of the molecule is CC1CCC(N/C=C/C(=O)O)CC1C. The van der Waals surface area contributed by atoms with Crippen LogP contribution in [0.3, 0.4) is 0 Å². The highest BCUT2D eigenvalue weighted by Gasteiger charge is 2.23. The Balaban J connectivity index is 2.30. The Morgan fingerprint density at radius 1 is 1.36 bits per heavy atom. The van der Waals surface area contributed by atoms with Crippen LogP contribution in [0.15, 0.2) is 12.3 Å². The summed E-state index contributed by atoms with van der Waals surface area (Å²) in [6, 6.07) is 0.455. The maximum Gasteiger partial charge on any atom is 0.329 e. The topological polar surface area (TPSA) is 49.3 Å². The van der Waals surface area contributed by atoms with Crippen LogP contribution in [0.4, 0.5) is 0 Å². The van der Waals surface area contributed by atoms with E-state index < -0.39 is 5.97 Å². The van der Waals surface area contributed by atoms with E-state index in [4.69, 9.17) is 5.11 Å². The van der Waals surface area contributed by atoms with Crippen LogP contribution in [0.2, 0.25) is 0 Å².